The number of carbonyl (C=O) groups excluding carboxylic acids is 2. The maximum atomic E-state index is 14.1. The zero-order valence-electron chi connectivity index (χ0n) is 22.9. The van der Waals surface area contributed by atoms with Gasteiger partial charge in [-0.1, -0.05) is 73.8 Å². The fourth-order valence-electron chi connectivity index (χ4n) is 4.29. The third-order valence-corrected chi connectivity index (χ3v) is 8.87. The number of rotatable bonds is 13. The molecule has 0 saturated carbocycles. The number of hydrogen-bond acceptors (Lipinski definition) is 4. The fraction of sp³-hybridized carbons (Fsp3) is 0.333. The standard InChI is InChI=1S/C30H35Cl2N3O4S/c1-4-6-18-33-30(37)28(5-2)34(20-23-11-8-7-10-22(23)3)29(36)21-35(26-13-9-12-25(32)19-26)40(38,39)27-16-14-24(31)15-17-27/h7-17,19,28H,4-6,18,20-21H2,1-3H3,(H,33,37). The van der Waals surface area contributed by atoms with Crippen molar-refractivity contribution in [3.63, 3.8) is 0 Å². The first-order valence-corrected chi connectivity index (χ1v) is 15.4. The highest BCUT2D eigenvalue weighted by Gasteiger charge is 2.33. The van der Waals surface area contributed by atoms with Crippen LogP contribution < -0.4 is 9.62 Å². The molecule has 0 spiro atoms. The average molecular weight is 605 g/mol. The third-order valence-electron chi connectivity index (χ3n) is 6.59. The molecule has 2 amide bonds. The Bertz CT molecular complexity index is 1410. The molecular formula is C30H35Cl2N3O4S. The molecule has 214 valence electrons. The molecule has 0 bridgehead atoms. The number of benzene rings is 3. The van der Waals surface area contributed by atoms with Gasteiger partial charge in [-0.3, -0.25) is 13.9 Å². The number of amides is 2. The van der Waals surface area contributed by atoms with Crippen LogP contribution in [0.5, 0.6) is 0 Å². The molecule has 0 fully saturated rings. The van der Waals surface area contributed by atoms with E-state index in [2.05, 4.69) is 5.32 Å². The van der Waals surface area contributed by atoms with Gasteiger partial charge in [-0.25, -0.2) is 8.42 Å². The monoisotopic (exact) mass is 603 g/mol. The molecule has 40 heavy (non-hydrogen) atoms. The van der Waals surface area contributed by atoms with Gasteiger partial charge in [0.15, 0.2) is 0 Å². The van der Waals surface area contributed by atoms with E-state index in [1.165, 1.54) is 35.2 Å². The number of sulfonamides is 1. The van der Waals surface area contributed by atoms with E-state index in [9.17, 15) is 18.0 Å². The van der Waals surface area contributed by atoms with Crippen molar-refractivity contribution in [1.82, 2.24) is 10.2 Å². The first-order valence-electron chi connectivity index (χ1n) is 13.2. The van der Waals surface area contributed by atoms with Crippen LogP contribution in [0, 0.1) is 6.92 Å². The maximum absolute atomic E-state index is 14.1. The van der Waals surface area contributed by atoms with Crippen molar-refractivity contribution in [3.8, 4) is 0 Å². The van der Waals surface area contributed by atoms with Crippen molar-refractivity contribution in [2.24, 2.45) is 0 Å². The van der Waals surface area contributed by atoms with Crippen molar-refractivity contribution in [3.05, 3.63) is 94.0 Å². The van der Waals surface area contributed by atoms with Crippen LogP contribution in [0.3, 0.4) is 0 Å². The van der Waals surface area contributed by atoms with Gasteiger partial charge in [0.25, 0.3) is 10.0 Å². The molecule has 3 aromatic rings. The maximum Gasteiger partial charge on any atom is 0.264 e. The van der Waals surface area contributed by atoms with Gasteiger partial charge in [0, 0.05) is 23.1 Å². The highest BCUT2D eigenvalue weighted by molar-refractivity contribution is 7.92. The number of carbonyl (C=O) groups is 2. The molecule has 0 radical (unpaired) electrons. The molecule has 7 nitrogen and oxygen atoms in total. The number of nitrogens with one attached hydrogen (secondary N) is 1. The lowest BCUT2D eigenvalue weighted by Gasteiger charge is -2.33. The van der Waals surface area contributed by atoms with Crippen LogP contribution in [0.1, 0.15) is 44.2 Å². The van der Waals surface area contributed by atoms with E-state index in [4.69, 9.17) is 23.2 Å². The molecule has 3 aromatic carbocycles. The van der Waals surface area contributed by atoms with Gasteiger partial charge >= 0.3 is 0 Å². The Hall–Kier alpha value is -3.07. The highest BCUT2D eigenvalue weighted by Crippen LogP contribution is 2.28. The number of halogens is 2. The molecule has 0 aliphatic rings. The van der Waals surface area contributed by atoms with Crippen molar-refractivity contribution in [2.75, 3.05) is 17.4 Å². The summed E-state index contributed by atoms with van der Waals surface area (Å²) in [6, 6.07) is 18.9. The number of hydrogen-bond donors (Lipinski definition) is 1. The smallest absolute Gasteiger partial charge is 0.264 e. The predicted octanol–water partition coefficient (Wildman–Crippen LogP) is 6.22. The molecule has 0 aliphatic carbocycles. The molecule has 0 aromatic heterocycles. The number of unbranched alkanes of at least 4 members (excludes halogenated alkanes) is 1. The molecule has 1 atom stereocenters. The van der Waals surface area contributed by atoms with Gasteiger partial charge in [0.2, 0.25) is 11.8 Å². The summed E-state index contributed by atoms with van der Waals surface area (Å²) in [5.41, 5.74) is 2.06. The van der Waals surface area contributed by atoms with Crippen LogP contribution in [0.4, 0.5) is 5.69 Å². The molecule has 1 N–H and O–H groups in total. The van der Waals surface area contributed by atoms with E-state index in [-0.39, 0.29) is 23.0 Å². The van der Waals surface area contributed by atoms with E-state index in [1.807, 2.05) is 45.0 Å². The summed E-state index contributed by atoms with van der Waals surface area (Å²) in [7, 11) is -4.20. The van der Waals surface area contributed by atoms with Crippen LogP contribution in [0.25, 0.3) is 0 Å². The quantitative estimate of drug-likeness (QED) is 0.235. The molecule has 0 saturated heterocycles. The summed E-state index contributed by atoms with van der Waals surface area (Å²) >= 11 is 12.2. The molecule has 0 heterocycles. The second-order valence-electron chi connectivity index (χ2n) is 9.46. The van der Waals surface area contributed by atoms with Crippen LogP contribution >= 0.6 is 23.2 Å². The molecule has 10 heteroatoms. The lowest BCUT2D eigenvalue weighted by atomic mass is 10.1. The van der Waals surface area contributed by atoms with Crippen LogP contribution in [0.15, 0.2) is 77.7 Å². The van der Waals surface area contributed by atoms with E-state index >= 15 is 0 Å². The molecule has 3 rings (SSSR count). The van der Waals surface area contributed by atoms with Crippen molar-refractivity contribution >= 4 is 50.7 Å². The van der Waals surface area contributed by atoms with Gasteiger partial charge in [-0.05, 0) is 73.4 Å². The summed E-state index contributed by atoms with van der Waals surface area (Å²) < 4.78 is 28.8. The molecular weight excluding hydrogens is 569 g/mol. The topological polar surface area (TPSA) is 86.8 Å². The Morgan fingerprint density at radius 2 is 1.62 bits per heavy atom. The minimum Gasteiger partial charge on any atom is -0.354 e. The van der Waals surface area contributed by atoms with Crippen molar-refractivity contribution in [1.29, 1.82) is 0 Å². The largest absolute Gasteiger partial charge is 0.354 e. The summed E-state index contributed by atoms with van der Waals surface area (Å²) in [6.07, 6.45) is 2.09. The first-order chi connectivity index (χ1) is 19.1. The summed E-state index contributed by atoms with van der Waals surface area (Å²) in [5, 5.41) is 3.63. The highest BCUT2D eigenvalue weighted by atomic mass is 35.5. The van der Waals surface area contributed by atoms with Gasteiger partial charge in [-0.2, -0.15) is 0 Å². The van der Waals surface area contributed by atoms with E-state index in [0.717, 1.165) is 28.3 Å². The van der Waals surface area contributed by atoms with E-state index < -0.39 is 28.5 Å². The Morgan fingerprint density at radius 1 is 0.925 bits per heavy atom. The van der Waals surface area contributed by atoms with Gasteiger partial charge < -0.3 is 10.2 Å². The Balaban J connectivity index is 2.05. The Labute approximate surface area is 247 Å². The lowest BCUT2D eigenvalue weighted by Crippen LogP contribution is -2.52. The second-order valence-corrected chi connectivity index (χ2v) is 12.2. The zero-order valence-corrected chi connectivity index (χ0v) is 25.3. The SMILES string of the molecule is CCCCNC(=O)C(CC)N(Cc1ccccc1C)C(=O)CN(c1cccc(Cl)c1)S(=O)(=O)c1ccc(Cl)cc1. The average Bonchev–Trinajstić information content (AvgIpc) is 2.92. The molecule has 0 aliphatic heterocycles. The normalized spacial score (nSPS) is 12.0. The van der Waals surface area contributed by atoms with E-state index in [0.29, 0.717) is 23.0 Å². The van der Waals surface area contributed by atoms with Crippen LogP contribution in [-0.2, 0) is 26.2 Å². The van der Waals surface area contributed by atoms with Gasteiger partial charge in [-0.15, -0.1) is 0 Å². The third kappa shape index (κ3) is 7.99. The summed E-state index contributed by atoms with van der Waals surface area (Å²) in [4.78, 5) is 28.8. The van der Waals surface area contributed by atoms with E-state index in [1.54, 1.807) is 18.2 Å². The van der Waals surface area contributed by atoms with Crippen LogP contribution in [-0.4, -0.2) is 44.3 Å². The van der Waals surface area contributed by atoms with Crippen molar-refractivity contribution in [2.45, 2.75) is 57.5 Å². The number of anilines is 1. The fourth-order valence-corrected chi connectivity index (χ4v) is 6.01. The lowest BCUT2D eigenvalue weighted by molar-refractivity contribution is -0.140. The minimum atomic E-state index is -4.20. The zero-order chi connectivity index (χ0) is 29.3. The number of aryl methyl sites for hydroxylation is 1. The number of nitrogens with zero attached hydrogens (tertiary/aromatic N) is 2. The summed E-state index contributed by atoms with van der Waals surface area (Å²) in [6.45, 7) is 5.91. The Morgan fingerprint density at radius 3 is 2.25 bits per heavy atom. The Kier molecular flexibility index (Phi) is 11.4. The minimum absolute atomic E-state index is 0.0283. The van der Waals surface area contributed by atoms with Gasteiger partial charge in [0.1, 0.15) is 12.6 Å². The second kappa shape index (κ2) is 14.5. The first kappa shape index (κ1) is 31.5. The molecule has 1 unspecified atom stereocenters. The predicted molar refractivity (Wildman–Crippen MR) is 161 cm³/mol. The van der Waals surface area contributed by atoms with Crippen molar-refractivity contribution < 1.29 is 18.0 Å². The van der Waals surface area contributed by atoms with Gasteiger partial charge in [0.05, 0.1) is 10.6 Å². The summed E-state index contributed by atoms with van der Waals surface area (Å²) in [5.74, 6) is -0.786. The van der Waals surface area contributed by atoms with Crippen LogP contribution in [0.2, 0.25) is 10.0 Å².